The number of anilines is 1. The molecule has 0 fully saturated rings. The number of amides is 3. The van der Waals surface area contributed by atoms with Crippen molar-refractivity contribution in [2.24, 2.45) is 0 Å². The molecule has 36 heavy (non-hydrogen) atoms. The molecule has 188 valence electrons. The van der Waals surface area contributed by atoms with Crippen LogP contribution in [0.3, 0.4) is 0 Å². The lowest BCUT2D eigenvalue weighted by molar-refractivity contribution is -0.140. The van der Waals surface area contributed by atoms with E-state index >= 15 is 0 Å². The number of rotatable bonds is 9. The highest BCUT2D eigenvalue weighted by atomic mass is 35.5. The topological polar surface area (TPSA) is 69.7 Å². The van der Waals surface area contributed by atoms with E-state index in [1.165, 1.54) is 9.80 Å². The minimum Gasteiger partial charge on any atom is -0.352 e. The summed E-state index contributed by atoms with van der Waals surface area (Å²) < 4.78 is 0. The van der Waals surface area contributed by atoms with E-state index in [2.05, 4.69) is 5.32 Å². The van der Waals surface area contributed by atoms with Crippen molar-refractivity contribution in [1.29, 1.82) is 0 Å². The van der Waals surface area contributed by atoms with Gasteiger partial charge in [-0.15, -0.1) is 0 Å². The van der Waals surface area contributed by atoms with E-state index in [4.69, 9.17) is 23.2 Å². The predicted octanol–water partition coefficient (Wildman–Crippen LogP) is 5.83. The molecule has 3 amide bonds. The highest BCUT2D eigenvalue weighted by Crippen LogP contribution is 2.37. The van der Waals surface area contributed by atoms with Crippen molar-refractivity contribution in [3.8, 4) is 0 Å². The van der Waals surface area contributed by atoms with Gasteiger partial charge in [-0.2, -0.15) is 0 Å². The van der Waals surface area contributed by atoms with Gasteiger partial charge in [0.1, 0.15) is 12.6 Å². The monoisotopic (exact) mass is 525 g/mol. The molecule has 2 atom stereocenters. The first-order valence-electron chi connectivity index (χ1n) is 12.1. The quantitative estimate of drug-likeness (QED) is 0.382. The summed E-state index contributed by atoms with van der Waals surface area (Å²) in [6, 6.07) is 15.5. The maximum Gasteiger partial charge on any atom is 0.259 e. The van der Waals surface area contributed by atoms with E-state index in [0.717, 1.165) is 17.2 Å². The van der Waals surface area contributed by atoms with Crippen LogP contribution < -0.4 is 10.2 Å². The van der Waals surface area contributed by atoms with E-state index in [-0.39, 0.29) is 36.9 Å². The van der Waals surface area contributed by atoms with Crippen molar-refractivity contribution in [2.45, 2.75) is 52.2 Å². The molecular formula is C28H29Cl2N3O3. The molecule has 4 rings (SSSR count). The Hall–Kier alpha value is -3.09. The van der Waals surface area contributed by atoms with Crippen LogP contribution in [-0.2, 0) is 16.1 Å². The molecule has 1 aliphatic heterocycles. The summed E-state index contributed by atoms with van der Waals surface area (Å²) in [6.45, 7) is 5.70. The molecule has 1 heterocycles. The van der Waals surface area contributed by atoms with E-state index in [9.17, 15) is 14.4 Å². The normalized spacial score (nSPS) is 14.1. The lowest BCUT2D eigenvalue weighted by Crippen LogP contribution is -2.53. The van der Waals surface area contributed by atoms with Crippen molar-refractivity contribution in [3.05, 3.63) is 75.8 Å². The molecule has 0 spiro atoms. The van der Waals surface area contributed by atoms with Crippen molar-refractivity contribution < 1.29 is 14.4 Å². The highest BCUT2D eigenvalue weighted by Gasteiger charge is 2.35. The zero-order valence-electron chi connectivity index (χ0n) is 20.6. The van der Waals surface area contributed by atoms with Crippen LogP contribution in [0.15, 0.2) is 54.6 Å². The smallest absolute Gasteiger partial charge is 0.259 e. The highest BCUT2D eigenvalue weighted by molar-refractivity contribution is 6.35. The Morgan fingerprint density at radius 1 is 1.03 bits per heavy atom. The van der Waals surface area contributed by atoms with Crippen LogP contribution in [0, 0.1) is 0 Å². The van der Waals surface area contributed by atoms with Crippen molar-refractivity contribution in [2.75, 3.05) is 11.4 Å². The van der Waals surface area contributed by atoms with Gasteiger partial charge in [0.25, 0.3) is 5.91 Å². The third-order valence-electron chi connectivity index (χ3n) is 6.69. The van der Waals surface area contributed by atoms with Gasteiger partial charge >= 0.3 is 0 Å². The molecule has 8 heteroatoms. The van der Waals surface area contributed by atoms with Gasteiger partial charge in [0.2, 0.25) is 11.8 Å². The zero-order valence-corrected chi connectivity index (χ0v) is 22.1. The minimum absolute atomic E-state index is 0.0325. The number of hydrogen-bond donors (Lipinski definition) is 1. The van der Waals surface area contributed by atoms with Crippen LogP contribution in [0.2, 0.25) is 10.0 Å². The third kappa shape index (κ3) is 5.06. The maximum absolute atomic E-state index is 13.8. The predicted molar refractivity (Wildman–Crippen MR) is 145 cm³/mol. The van der Waals surface area contributed by atoms with Gasteiger partial charge in [-0.1, -0.05) is 67.4 Å². The standard InChI is InChI=1S/C28H29Cl2N3O3/c1-4-17(3)31-27(35)23(5-2)32(15-19-12-13-20(29)14-22(19)30)25(34)16-33-24-11-7-9-18-8-6-10-21(26(18)24)28(33)36/h6-14,17,23H,4-5,15-16H2,1-3H3,(H,31,35)/t17-,23+/m1/s1. The SMILES string of the molecule is CC[C@@H](C)NC(=O)[C@H](CC)N(Cc1ccc(Cl)cc1Cl)C(=O)CN1C(=O)c2cccc3cccc1c23. The summed E-state index contributed by atoms with van der Waals surface area (Å²) in [7, 11) is 0. The zero-order chi connectivity index (χ0) is 26.0. The first-order chi connectivity index (χ1) is 17.2. The van der Waals surface area contributed by atoms with Gasteiger partial charge in [0.05, 0.1) is 5.69 Å². The van der Waals surface area contributed by atoms with Gasteiger partial charge in [0, 0.05) is 33.6 Å². The Labute approximate surface area is 221 Å². The molecule has 0 radical (unpaired) electrons. The molecule has 3 aromatic rings. The number of carbonyl (C=O) groups excluding carboxylic acids is 3. The van der Waals surface area contributed by atoms with Crippen LogP contribution in [0.25, 0.3) is 10.8 Å². The van der Waals surface area contributed by atoms with E-state index in [0.29, 0.717) is 33.3 Å². The molecular weight excluding hydrogens is 497 g/mol. The van der Waals surface area contributed by atoms with Crippen LogP contribution >= 0.6 is 23.2 Å². The fourth-order valence-corrected chi connectivity index (χ4v) is 5.02. The van der Waals surface area contributed by atoms with Crippen molar-refractivity contribution in [3.63, 3.8) is 0 Å². The number of nitrogens with zero attached hydrogens (tertiary/aromatic N) is 2. The summed E-state index contributed by atoms with van der Waals surface area (Å²) in [6.07, 6.45) is 1.17. The summed E-state index contributed by atoms with van der Waals surface area (Å²) in [4.78, 5) is 43.3. The molecule has 0 saturated carbocycles. The summed E-state index contributed by atoms with van der Waals surface area (Å²) in [5.74, 6) is -0.800. The van der Waals surface area contributed by atoms with Crippen LogP contribution in [0.4, 0.5) is 5.69 Å². The first kappa shape index (κ1) is 26.0. The number of hydrogen-bond acceptors (Lipinski definition) is 3. The fourth-order valence-electron chi connectivity index (χ4n) is 4.56. The molecule has 0 saturated heterocycles. The molecule has 6 nitrogen and oxygen atoms in total. The lowest BCUT2D eigenvalue weighted by atomic mass is 10.1. The van der Waals surface area contributed by atoms with Crippen molar-refractivity contribution >= 4 is 57.4 Å². The van der Waals surface area contributed by atoms with Gasteiger partial charge in [-0.25, -0.2) is 0 Å². The Morgan fingerprint density at radius 2 is 1.75 bits per heavy atom. The molecule has 3 aromatic carbocycles. The second kappa shape index (κ2) is 10.9. The van der Waals surface area contributed by atoms with Gasteiger partial charge in [-0.3, -0.25) is 19.3 Å². The Balaban J connectivity index is 1.67. The van der Waals surface area contributed by atoms with Crippen LogP contribution in [0.1, 0.15) is 49.5 Å². The molecule has 0 aliphatic carbocycles. The Bertz CT molecular complexity index is 1320. The number of benzene rings is 3. The largest absolute Gasteiger partial charge is 0.352 e. The molecule has 0 aromatic heterocycles. The minimum atomic E-state index is -0.728. The van der Waals surface area contributed by atoms with E-state index in [1.54, 1.807) is 24.3 Å². The van der Waals surface area contributed by atoms with Gasteiger partial charge in [0.15, 0.2) is 0 Å². The third-order valence-corrected chi connectivity index (χ3v) is 7.27. The second-order valence-corrected chi connectivity index (χ2v) is 9.92. The molecule has 0 unspecified atom stereocenters. The summed E-state index contributed by atoms with van der Waals surface area (Å²) >= 11 is 12.5. The van der Waals surface area contributed by atoms with Crippen molar-refractivity contribution in [1.82, 2.24) is 10.2 Å². The van der Waals surface area contributed by atoms with Crippen LogP contribution in [0.5, 0.6) is 0 Å². The summed E-state index contributed by atoms with van der Waals surface area (Å²) in [5, 5.41) is 5.66. The van der Waals surface area contributed by atoms with E-state index in [1.807, 2.05) is 51.1 Å². The second-order valence-electron chi connectivity index (χ2n) is 9.07. The van der Waals surface area contributed by atoms with E-state index < -0.39 is 6.04 Å². The van der Waals surface area contributed by atoms with Crippen LogP contribution in [-0.4, -0.2) is 41.2 Å². The van der Waals surface area contributed by atoms with Gasteiger partial charge in [-0.05, 0) is 55.0 Å². The van der Waals surface area contributed by atoms with Gasteiger partial charge < -0.3 is 10.2 Å². The lowest BCUT2D eigenvalue weighted by Gasteiger charge is -2.33. The number of carbonyl (C=O) groups is 3. The maximum atomic E-state index is 13.8. The molecule has 0 bridgehead atoms. The average molecular weight is 526 g/mol. The average Bonchev–Trinajstić information content (AvgIpc) is 3.13. The fraction of sp³-hybridized carbons (Fsp3) is 0.321. The molecule has 1 N–H and O–H groups in total. The first-order valence-corrected chi connectivity index (χ1v) is 12.9. The Morgan fingerprint density at radius 3 is 2.42 bits per heavy atom. The Kier molecular flexibility index (Phi) is 7.86. The summed E-state index contributed by atoms with van der Waals surface area (Å²) in [5.41, 5.74) is 1.94. The molecule has 1 aliphatic rings. The number of nitrogens with one attached hydrogen (secondary N) is 1. The number of halogens is 2.